The lowest BCUT2D eigenvalue weighted by atomic mass is 10.1. The van der Waals surface area contributed by atoms with Gasteiger partial charge in [-0.1, -0.05) is 24.3 Å². The number of nitrogens with one attached hydrogen (secondary N) is 1. The number of nitrogens with two attached hydrogens (primary N) is 1. The molecule has 2 aromatic carbocycles. The Morgan fingerprint density at radius 1 is 1.13 bits per heavy atom. The zero-order chi connectivity index (χ0) is 21.5. The quantitative estimate of drug-likeness (QED) is 0.459. The number of esters is 1. The van der Waals surface area contributed by atoms with Gasteiger partial charge in [0.1, 0.15) is 11.4 Å². The van der Waals surface area contributed by atoms with Crippen molar-refractivity contribution in [2.24, 2.45) is 0 Å². The molecule has 0 atom stereocenters. The van der Waals surface area contributed by atoms with Gasteiger partial charge in [-0.15, -0.1) is 5.10 Å². The molecule has 0 bridgehead atoms. The minimum absolute atomic E-state index is 0.114. The number of halogens is 3. The second kappa shape index (κ2) is 7.25. The van der Waals surface area contributed by atoms with Gasteiger partial charge in [0, 0.05) is 22.5 Å². The van der Waals surface area contributed by atoms with Crippen LogP contribution in [0, 0.1) is 0 Å². The Morgan fingerprint density at radius 3 is 2.43 bits per heavy atom. The van der Waals surface area contributed by atoms with Crippen LogP contribution < -0.4 is 11.1 Å². The van der Waals surface area contributed by atoms with E-state index in [0.29, 0.717) is 22.4 Å². The smallest absolute Gasteiger partial charge is 0.416 e. The molecule has 0 spiro atoms. The van der Waals surface area contributed by atoms with Gasteiger partial charge in [-0.3, -0.25) is 0 Å². The molecule has 0 aliphatic rings. The Kier molecular flexibility index (Phi) is 4.73. The SMILES string of the molecule is CCOC(=O)c1c(N)n2nc(Nc3ccc(C(F)(F)F)cc3)cc2c2ccccc12. The molecule has 4 rings (SSSR count). The molecule has 0 radical (unpaired) electrons. The van der Waals surface area contributed by atoms with Crippen molar-refractivity contribution in [2.45, 2.75) is 13.1 Å². The Morgan fingerprint density at radius 2 is 1.80 bits per heavy atom. The predicted molar refractivity (Wildman–Crippen MR) is 108 cm³/mol. The van der Waals surface area contributed by atoms with Crippen molar-refractivity contribution in [3.63, 3.8) is 0 Å². The zero-order valence-corrected chi connectivity index (χ0v) is 15.8. The second-order valence-corrected chi connectivity index (χ2v) is 6.55. The molecule has 0 aliphatic heterocycles. The minimum Gasteiger partial charge on any atom is -0.462 e. The maximum Gasteiger partial charge on any atom is 0.416 e. The molecule has 0 saturated carbocycles. The number of rotatable bonds is 4. The van der Waals surface area contributed by atoms with Crippen molar-refractivity contribution in [3.05, 3.63) is 65.7 Å². The van der Waals surface area contributed by atoms with Crippen LogP contribution in [0.1, 0.15) is 22.8 Å². The highest BCUT2D eigenvalue weighted by Gasteiger charge is 2.30. The van der Waals surface area contributed by atoms with Gasteiger partial charge in [-0.2, -0.15) is 13.2 Å². The van der Waals surface area contributed by atoms with Crippen molar-refractivity contribution in [1.82, 2.24) is 9.61 Å². The van der Waals surface area contributed by atoms with Gasteiger partial charge in [0.05, 0.1) is 17.7 Å². The van der Waals surface area contributed by atoms with E-state index in [0.717, 1.165) is 17.5 Å². The van der Waals surface area contributed by atoms with Crippen LogP contribution in [0.4, 0.5) is 30.5 Å². The van der Waals surface area contributed by atoms with E-state index in [-0.39, 0.29) is 18.0 Å². The number of carbonyl (C=O) groups is 1. The molecule has 4 aromatic rings. The van der Waals surface area contributed by atoms with Crippen LogP contribution in [0.5, 0.6) is 0 Å². The number of fused-ring (bicyclic) bond motifs is 3. The summed E-state index contributed by atoms with van der Waals surface area (Å²) in [6, 6.07) is 13.5. The zero-order valence-electron chi connectivity index (χ0n) is 15.8. The first kappa shape index (κ1) is 19.6. The third kappa shape index (κ3) is 3.38. The van der Waals surface area contributed by atoms with E-state index in [4.69, 9.17) is 10.5 Å². The summed E-state index contributed by atoms with van der Waals surface area (Å²) < 4.78 is 44.8. The summed E-state index contributed by atoms with van der Waals surface area (Å²) in [5.74, 6) is -0.0731. The van der Waals surface area contributed by atoms with Crippen LogP contribution in [0.3, 0.4) is 0 Å². The van der Waals surface area contributed by atoms with E-state index in [1.807, 2.05) is 12.1 Å². The van der Waals surface area contributed by atoms with Crippen LogP contribution in [0.25, 0.3) is 16.3 Å². The molecule has 0 saturated heterocycles. The standard InChI is InChI=1S/C21H17F3N4O2/c1-2-30-20(29)18-15-6-4-3-5-14(15)16-11-17(27-28(16)19(18)25)26-13-9-7-12(8-10-13)21(22,23)24/h3-11H,2,25H2,1H3,(H,26,27). The summed E-state index contributed by atoms with van der Waals surface area (Å²) in [5, 5.41) is 8.71. The fraction of sp³-hybridized carbons (Fsp3) is 0.143. The molecule has 6 nitrogen and oxygen atoms in total. The Hall–Kier alpha value is -3.75. The van der Waals surface area contributed by atoms with Crippen molar-refractivity contribution in [1.29, 1.82) is 0 Å². The number of hydrogen-bond acceptors (Lipinski definition) is 5. The maximum atomic E-state index is 12.7. The minimum atomic E-state index is -4.40. The third-order valence-corrected chi connectivity index (χ3v) is 4.63. The average Bonchev–Trinajstić information content (AvgIpc) is 3.12. The number of benzene rings is 2. The number of anilines is 3. The normalized spacial score (nSPS) is 11.7. The molecule has 0 aliphatic carbocycles. The molecule has 2 heterocycles. The van der Waals surface area contributed by atoms with Crippen molar-refractivity contribution < 1.29 is 22.7 Å². The van der Waals surface area contributed by atoms with Crippen LogP contribution in [-0.2, 0) is 10.9 Å². The molecule has 154 valence electrons. The third-order valence-electron chi connectivity index (χ3n) is 4.63. The van der Waals surface area contributed by atoms with Gasteiger partial charge in [-0.25, -0.2) is 9.31 Å². The van der Waals surface area contributed by atoms with E-state index in [1.54, 1.807) is 25.1 Å². The predicted octanol–water partition coefficient (Wildman–Crippen LogP) is 5.01. The monoisotopic (exact) mass is 414 g/mol. The molecular formula is C21H17F3N4O2. The lowest BCUT2D eigenvalue weighted by Crippen LogP contribution is -2.13. The van der Waals surface area contributed by atoms with Crippen molar-refractivity contribution in [2.75, 3.05) is 17.7 Å². The Labute approximate surface area is 169 Å². The van der Waals surface area contributed by atoms with E-state index >= 15 is 0 Å². The van der Waals surface area contributed by atoms with E-state index in [2.05, 4.69) is 10.4 Å². The van der Waals surface area contributed by atoms with Gasteiger partial charge in [0.15, 0.2) is 5.82 Å². The second-order valence-electron chi connectivity index (χ2n) is 6.55. The summed E-state index contributed by atoms with van der Waals surface area (Å²) in [5.41, 5.74) is 6.79. The van der Waals surface area contributed by atoms with Gasteiger partial charge in [0.2, 0.25) is 0 Å². The first-order chi connectivity index (χ1) is 14.3. The fourth-order valence-electron chi connectivity index (χ4n) is 3.29. The van der Waals surface area contributed by atoms with Gasteiger partial charge < -0.3 is 15.8 Å². The number of ether oxygens (including phenoxy) is 1. The Bertz CT molecular complexity index is 1250. The molecule has 3 N–H and O–H groups in total. The maximum absolute atomic E-state index is 12.7. The van der Waals surface area contributed by atoms with Crippen LogP contribution in [-0.4, -0.2) is 22.2 Å². The number of nitrogens with zero attached hydrogens (tertiary/aromatic N) is 2. The number of aromatic nitrogens is 2. The molecule has 2 aromatic heterocycles. The van der Waals surface area contributed by atoms with Gasteiger partial charge in [-0.05, 0) is 31.2 Å². The summed E-state index contributed by atoms with van der Waals surface area (Å²) in [6.45, 7) is 1.90. The number of carbonyl (C=O) groups excluding carboxylic acids is 1. The molecule has 9 heteroatoms. The Balaban J connectivity index is 1.80. The van der Waals surface area contributed by atoms with Crippen LogP contribution >= 0.6 is 0 Å². The number of nitrogen functional groups attached to an aromatic ring is 1. The molecule has 0 unspecified atom stereocenters. The van der Waals surface area contributed by atoms with Crippen LogP contribution in [0.2, 0.25) is 0 Å². The summed E-state index contributed by atoms with van der Waals surface area (Å²) in [6.07, 6.45) is -4.40. The number of pyridine rings is 1. The van der Waals surface area contributed by atoms with Crippen molar-refractivity contribution >= 4 is 39.6 Å². The topological polar surface area (TPSA) is 81.7 Å². The van der Waals surface area contributed by atoms with Gasteiger partial charge >= 0.3 is 12.1 Å². The molecular weight excluding hydrogens is 397 g/mol. The molecule has 30 heavy (non-hydrogen) atoms. The van der Waals surface area contributed by atoms with E-state index in [9.17, 15) is 18.0 Å². The largest absolute Gasteiger partial charge is 0.462 e. The molecule has 0 fully saturated rings. The van der Waals surface area contributed by atoms with E-state index < -0.39 is 17.7 Å². The highest BCUT2D eigenvalue weighted by Crippen LogP contribution is 2.33. The highest BCUT2D eigenvalue weighted by atomic mass is 19.4. The highest BCUT2D eigenvalue weighted by molar-refractivity contribution is 6.12. The van der Waals surface area contributed by atoms with Crippen molar-refractivity contribution in [3.8, 4) is 0 Å². The average molecular weight is 414 g/mol. The van der Waals surface area contributed by atoms with E-state index in [1.165, 1.54) is 16.6 Å². The lowest BCUT2D eigenvalue weighted by Gasteiger charge is -2.11. The van der Waals surface area contributed by atoms with Crippen LogP contribution in [0.15, 0.2) is 54.6 Å². The summed E-state index contributed by atoms with van der Waals surface area (Å²) in [4.78, 5) is 12.5. The lowest BCUT2D eigenvalue weighted by molar-refractivity contribution is -0.137. The van der Waals surface area contributed by atoms with Gasteiger partial charge in [0.25, 0.3) is 0 Å². The summed E-state index contributed by atoms with van der Waals surface area (Å²) >= 11 is 0. The first-order valence-corrected chi connectivity index (χ1v) is 9.11. The number of alkyl halides is 3. The fourth-order valence-corrected chi connectivity index (χ4v) is 3.29. The number of hydrogen-bond donors (Lipinski definition) is 2. The summed E-state index contributed by atoms with van der Waals surface area (Å²) in [7, 11) is 0. The molecule has 0 amide bonds. The first-order valence-electron chi connectivity index (χ1n) is 9.11.